The lowest BCUT2D eigenvalue weighted by Gasteiger charge is -2.47. The van der Waals surface area contributed by atoms with Gasteiger partial charge < -0.3 is 109 Å². The molecule has 18 rings (SSSR count). The lowest BCUT2D eigenvalue weighted by molar-refractivity contribution is -0.436. The predicted molar refractivity (Wildman–Crippen MR) is 380 cm³/mol. The molecule has 0 spiro atoms. The Morgan fingerprint density at radius 2 is 1.13 bits per heavy atom. The number of aliphatic hydroxyl groups is 10. The van der Waals surface area contributed by atoms with E-state index >= 15 is 0 Å². The van der Waals surface area contributed by atoms with Crippen molar-refractivity contribution in [1.82, 2.24) is 10.6 Å². The normalized spacial score (nSPS) is 34.1. The number of rotatable bonds is 24. The summed E-state index contributed by atoms with van der Waals surface area (Å²) in [5.41, 5.74) is 5.54. The number of carbonyl (C=O) groups excluding carboxylic acids is 2. The molecule has 103 heavy (non-hydrogen) atoms. The van der Waals surface area contributed by atoms with Gasteiger partial charge in [0.1, 0.15) is 79.4 Å². The zero-order chi connectivity index (χ0) is 72.7. The highest BCUT2D eigenvalue weighted by molar-refractivity contribution is 6.07. The molecule has 4 aromatic carbocycles. The van der Waals surface area contributed by atoms with Crippen LogP contribution in [0.4, 0.5) is 11.4 Å². The van der Waals surface area contributed by atoms with Crippen LogP contribution in [0.1, 0.15) is 103 Å². The Morgan fingerprint density at radius 3 is 1.83 bits per heavy atom. The Kier molecular flexibility index (Phi) is 25.5. The number of anilines is 1. The molecular formula is C78H105N4O21+. The van der Waals surface area contributed by atoms with Crippen molar-refractivity contribution < 1.29 is 108 Å². The van der Waals surface area contributed by atoms with E-state index in [0.29, 0.717) is 71.0 Å². The van der Waals surface area contributed by atoms with Crippen molar-refractivity contribution in [3.63, 3.8) is 0 Å². The van der Waals surface area contributed by atoms with Crippen molar-refractivity contribution in [3.8, 4) is 0 Å². The largest absolute Gasteiger partial charge is 0.394 e. The number of amides is 2. The molecule has 0 aromatic heterocycles. The van der Waals surface area contributed by atoms with E-state index in [2.05, 4.69) is 108 Å². The number of hydrogen-bond acceptors (Lipinski definition) is 22. The third-order valence-corrected chi connectivity index (χ3v) is 22.0. The number of ether oxygens (including phenoxy) is 9. The second kappa shape index (κ2) is 34.3. The third-order valence-electron chi connectivity index (χ3n) is 22.0. The molecule has 562 valence electrons. The smallest absolute Gasteiger partial charge is 0.226 e. The number of nitrogens with one attached hydrogen (secondary N) is 2. The average Bonchev–Trinajstić information content (AvgIpc) is 1.58. The highest BCUT2D eigenvalue weighted by Gasteiger charge is 2.55. The molecule has 4 aromatic rings. The summed E-state index contributed by atoms with van der Waals surface area (Å²) in [6, 6.07) is 25.1. The van der Waals surface area contributed by atoms with Gasteiger partial charge in [-0.25, -0.2) is 0 Å². The molecule has 14 aliphatic rings. The summed E-state index contributed by atoms with van der Waals surface area (Å²) >= 11 is 0. The van der Waals surface area contributed by atoms with E-state index in [1.54, 1.807) is 0 Å². The second-order valence-corrected chi connectivity index (χ2v) is 29.4. The van der Waals surface area contributed by atoms with Crippen molar-refractivity contribution in [2.45, 2.75) is 219 Å². The fourth-order valence-corrected chi connectivity index (χ4v) is 16.7. The molecule has 0 saturated carbocycles. The van der Waals surface area contributed by atoms with Crippen molar-refractivity contribution in [2.24, 2.45) is 5.92 Å². The molecule has 0 aliphatic carbocycles. The molecule has 14 aliphatic heterocycles. The van der Waals surface area contributed by atoms with Gasteiger partial charge in [-0.2, -0.15) is 4.58 Å². The van der Waals surface area contributed by atoms with E-state index in [1.807, 2.05) is 54.6 Å². The van der Waals surface area contributed by atoms with Crippen LogP contribution >= 0.6 is 0 Å². The van der Waals surface area contributed by atoms with Gasteiger partial charge in [0, 0.05) is 86.3 Å². The molecule has 12 fully saturated rings. The van der Waals surface area contributed by atoms with Crippen molar-refractivity contribution in [1.29, 1.82) is 0 Å². The van der Waals surface area contributed by atoms with Gasteiger partial charge in [0.15, 0.2) is 24.8 Å². The zero-order valence-corrected chi connectivity index (χ0v) is 59.2. The minimum absolute atomic E-state index is 0.0457. The topological polar surface area (TPSA) is 350 Å². The minimum atomic E-state index is -1.46. The van der Waals surface area contributed by atoms with E-state index < -0.39 is 160 Å². The number of carbonyl (C=O) groups is 2. The maximum Gasteiger partial charge on any atom is 0.226 e. The summed E-state index contributed by atoms with van der Waals surface area (Å²) in [5, 5.41) is 119. The van der Waals surface area contributed by atoms with Gasteiger partial charge >= 0.3 is 0 Å². The van der Waals surface area contributed by atoms with Crippen LogP contribution < -0.4 is 15.5 Å². The van der Waals surface area contributed by atoms with E-state index in [4.69, 9.17) is 42.6 Å². The van der Waals surface area contributed by atoms with Crippen LogP contribution in [-0.2, 0) is 63.1 Å². The van der Waals surface area contributed by atoms with E-state index in [1.165, 1.54) is 11.1 Å². The molecule has 12 saturated heterocycles. The van der Waals surface area contributed by atoms with E-state index in [9.17, 15) is 60.7 Å². The van der Waals surface area contributed by atoms with Gasteiger partial charge in [-0.15, -0.1) is 0 Å². The quantitative estimate of drug-likeness (QED) is 0.0271. The van der Waals surface area contributed by atoms with E-state index in [0.717, 1.165) is 44.3 Å². The number of hydrogen-bond donors (Lipinski definition) is 12. The first-order chi connectivity index (χ1) is 49.8. The summed E-state index contributed by atoms with van der Waals surface area (Å²) in [6.07, 6.45) is -3.30. The number of aliphatic hydroxyl groups excluding tert-OH is 10. The molecule has 20 atom stereocenters. The first-order valence-corrected chi connectivity index (χ1v) is 36.8. The molecule has 14 heterocycles. The standard InChI is InChI=1S/C78H104N4O21/c1-77(2)58(81(50-30-28-45-19-10-12-21-47(45)62(50)77)36-32-60(87)79-34-17-39-96-70-53-24-15-14-23-49-54(41-83)100-75(67(92)64(49)89)102-73(68(70)93)57(44-86)99-53)26-8-6-5-7-9-27-59-78(3,4)63-48-22-13-11-20-46(48)29-31-51(63)82(59)37-33-61(88)80-35-18-40-97-74-69(94)71-55(42-84)101-76(74)103-72-56(43-85)98-52(25-16-38-95-71)65(90)66(72)91/h5-13,19-22,26-31,49,52-57,64-76,83-86,89-94H,14-18,23-25,32-44H2,1-4H3,(H-,79,80,87,88)/p+1/t49-,52-,53-,54-,55-,56-,57-,64+,65+,66-,67-,68-,69+,70+,71-,72?,73-,74-,75?,76-/m1/s1. The van der Waals surface area contributed by atoms with Gasteiger partial charge in [0.2, 0.25) is 17.5 Å². The molecule has 2 unspecified atom stereocenters. The highest BCUT2D eigenvalue weighted by atomic mass is 16.7. The van der Waals surface area contributed by atoms with Crippen LogP contribution in [0.2, 0.25) is 0 Å². The minimum Gasteiger partial charge on any atom is -0.394 e. The lowest BCUT2D eigenvalue weighted by atomic mass is 9.79. The van der Waals surface area contributed by atoms with Gasteiger partial charge in [0.05, 0.1) is 62.7 Å². The number of nitrogens with zero attached hydrogens (tertiary/aromatic N) is 2. The first kappa shape index (κ1) is 76.7. The van der Waals surface area contributed by atoms with Crippen LogP contribution in [0.5, 0.6) is 0 Å². The number of benzene rings is 4. The Balaban J connectivity index is 0.673. The molecular weight excluding hydrogens is 1330 g/mol. The monoisotopic (exact) mass is 1430 g/mol. The summed E-state index contributed by atoms with van der Waals surface area (Å²) < 4.78 is 57.2. The molecule has 12 N–H and O–H groups in total. The Labute approximate surface area is 600 Å². The Morgan fingerprint density at radius 1 is 0.553 bits per heavy atom. The van der Waals surface area contributed by atoms with Crippen LogP contribution in [0.25, 0.3) is 21.5 Å². The van der Waals surface area contributed by atoms with Crippen LogP contribution in [0.3, 0.4) is 0 Å². The first-order valence-electron chi connectivity index (χ1n) is 36.8. The lowest BCUT2D eigenvalue weighted by Crippen LogP contribution is -2.65. The molecule has 25 nitrogen and oxygen atoms in total. The summed E-state index contributed by atoms with van der Waals surface area (Å²) in [6.45, 7) is 8.58. The van der Waals surface area contributed by atoms with Crippen molar-refractivity contribution in [3.05, 3.63) is 132 Å². The van der Waals surface area contributed by atoms with Crippen molar-refractivity contribution in [2.75, 3.05) is 77.3 Å². The maximum atomic E-state index is 13.8. The highest BCUT2D eigenvalue weighted by Crippen LogP contribution is 2.51. The predicted octanol–water partition coefficient (Wildman–Crippen LogP) is 3.54. The molecule has 2 amide bonds. The van der Waals surface area contributed by atoms with Crippen LogP contribution in [0, 0.1) is 5.92 Å². The van der Waals surface area contributed by atoms with Gasteiger partial charge in [-0.3, -0.25) is 9.59 Å². The Hall–Kier alpha value is -5.99. The third kappa shape index (κ3) is 16.3. The number of allylic oxidation sites excluding steroid dienone is 8. The van der Waals surface area contributed by atoms with Crippen LogP contribution in [0.15, 0.2) is 121 Å². The Bertz CT molecular complexity index is 3710. The molecule has 25 heteroatoms. The summed E-state index contributed by atoms with van der Waals surface area (Å²) in [7, 11) is 0. The fraction of sp³-hybridized carbons (Fsp3) is 0.603. The average molecular weight is 1430 g/mol. The molecule has 8 bridgehead atoms. The fourth-order valence-electron chi connectivity index (χ4n) is 16.7. The van der Waals surface area contributed by atoms with E-state index in [-0.39, 0.29) is 51.0 Å². The summed E-state index contributed by atoms with van der Waals surface area (Å²) in [5.74, 6) is -0.839. The van der Waals surface area contributed by atoms with Gasteiger partial charge in [-0.05, 0) is 97.7 Å². The van der Waals surface area contributed by atoms with Gasteiger partial charge in [-0.1, -0.05) is 112 Å². The maximum absolute atomic E-state index is 13.8. The SMILES string of the molecule is CC1(C)C(=CC=CC=CC=CC2=[N+](CCC(=O)NCCCO[C@@H]3[C@@H](O)[C@@H]4OC5O[C@H](CO)[C@@H](CCCC[C@H]3O[C@@H]4CO)[C@H](O)[C@H]5O)c3ccc4ccccc4c3C2(C)C)N(CCC(=O)NCCCO[C@H]2[C@H]3OC4[C@@H](CO)O[C@H](CCCO[C@@H]([C@@H]2O)[C@@H](CO)O3)[C@H](O)[C@H]4O)c2ccc3ccccc3c21. The second-order valence-electron chi connectivity index (χ2n) is 29.4. The van der Waals surface area contributed by atoms with Gasteiger partial charge in [0.25, 0.3) is 0 Å². The summed E-state index contributed by atoms with van der Waals surface area (Å²) in [4.78, 5) is 29.7. The van der Waals surface area contributed by atoms with Crippen LogP contribution in [-0.4, -0.2) is 262 Å². The molecule has 0 radical (unpaired) electrons. The van der Waals surface area contributed by atoms with Crippen molar-refractivity contribution >= 4 is 50.4 Å². The number of fused-ring (bicyclic) bond motifs is 6. The zero-order valence-electron chi connectivity index (χ0n) is 59.2.